The van der Waals surface area contributed by atoms with Crippen LogP contribution in [0.4, 0.5) is 4.39 Å². The van der Waals surface area contributed by atoms with Gasteiger partial charge in [0.2, 0.25) is 5.91 Å². The summed E-state index contributed by atoms with van der Waals surface area (Å²) in [7, 11) is 2.77. The topological polar surface area (TPSA) is 55.8 Å². The molecule has 0 aliphatic carbocycles. The maximum absolute atomic E-state index is 12.8. The van der Waals surface area contributed by atoms with E-state index in [1.165, 1.54) is 37.3 Å². The molecule has 21 heavy (non-hydrogen) atoms. The molecule has 1 amide bonds. The van der Waals surface area contributed by atoms with Crippen LogP contribution >= 0.6 is 0 Å². The van der Waals surface area contributed by atoms with Crippen molar-refractivity contribution in [1.82, 2.24) is 4.90 Å². The number of halogens is 1. The fraction of sp³-hybridized carbons (Fsp3) is 0.333. The molecule has 0 aliphatic rings. The summed E-state index contributed by atoms with van der Waals surface area (Å²) in [6, 6.07) is 5.72. The molecule has 1 aromatic rings. The van der Waals surface area contributed by atoms with Crippen LogP contribution in [0.5, 0.6) is 0 Å². The predicted molar refractivity (Wildman–Crippen MR) is 75.9 cm³/mol. The molecule has 0 heterocycles. The molecule has 5 nitrogen and oxygen atoms in total. The van der Waals surface area contributed by atoms with Gasteiger partial charge in [-0.15, -0.1) is 0 Å². The van der Waals surface area contributed by atoms with Gasteiger partial charge in [0, 0.05) is 19.7 Å². The van der Waals surface area contributed by atoms with Gasteiger partial charge in [-0.3, -0.25) is 9.59 Å². The quantitative estimate of drug-likeness (QED) is 0.565. The Balaban J connectivity index is 2.70. The molecule has 0 saturated heterocycles. The molecule has 0 spiro atoms. The molecular formula is C15H18FNO4. The molecule has 0 fully saturated rings. The first kappa shape index (κ1) is 16.8. The van der Waals surface area contributed by atoms with Crippen molar-refractivity contribution in [3.8, 4) is 0 Å². The first-order valence-corrected chi connectivity index (χ1v) is 6.35. The van der Waals surface area contributed by atoms with Gasteiger partial charge in [-0.05, 0) is 23.8 Å². The maximum atomic E-state index is 12.8. The number of methoxy groups -OCH3 is 2. The van der Waals surface area contributed by atoms with Crippen molar-refractivity contribution >= 4 is 18.0 Å². The minimum absolute atomic E-state index is 0.146. The van der Waals surface area contributed by atoms with Crippen LogP contribution in [0, 0.1) is 5.82 Å². The number of esters is 1. The van der Waals surface area contributed by atoms with E-state index in [0.717, 1.165) is 0 Å². The normalized spacial score (nSPS) is 10.6. The second-order valence-corrected chi connectivity index (χ2v) is 4.21. The van der Waals surface area contributed by atoms with Gasteiger partial charge in [-0.25, -0.2) is 4.39 Å². The lowest BCUT2D eigenvalue weighted by atomic mass is 10.2. The van der Waals surface area contributed by atoms with E-state index in [-0.39, 0.29) is 24.8 Å². The highest BCUT2D eigenvalue weighted by Gasteiger charge is 2.14. The molecule has 6 heteroatoms. The summed E-state index contributed by atoms with van der Waals surface area (Å²) in [5.41, 5.74) is 0.689. The lowest BCUT2D eigenvalue weighted by Crippen LogP contribution is -2.37. The fourth-order valence-corrected chi connectivity index (χ4v) is 1.54. The summed E-state index contributed by atoms with van der Waals surface area (Å²) in [5, 5.41) is 0. The molecule has 0 saturated carbocycles. The van der Waals surface area contributed by atoms with Crippen LogP contribution < -0.4 is 0 Å². The molecule has 0 aromatic heterocycles. The molecule has 0 unspecified atom stereocenters. The third-order valence-corrected chi connectivity index (χ3v) is 2.71. The fourth-order valence-electron chi connectivity index (χ4n) is 1.54. The molecule has 1 rings (SSSR count). The van der Waals surface area contributed by atoms with Crippen LogP contribution in [0.2, 0.25) is 0 Å². The predicted octanol–water partition coefficient (Wildman–Crippen LogP) is 1.49. The van der Waals surface area contributed by atoms with Crippen molar-refractivity contribution in [2.75, 3.05) is 33.9 Å². The molecular weight excluding hydrogens is 277 g/mol. The first-order chi connectivity index (χ1) is 10.1. The van der Waals surface area contributed by atoms with E-state index in [9.17, 15) is 14.0 Å². The molecule has 114 valence electrons. The average Bonchev–Trinajstić information content (AvgIpc) is 2.50. The molecule has 0 atom stereocenters. The van der Waals surface area contributed by atoms with E-state index >= 15 is 0 Å². The number of carbonyl (C=O) groups excluding carboxylic acids is 2. The summed E-state index contributed by atoms with van der Waals surface area (Å²) in [6.45, 7) is 0.442. The Morgan fingerprint density at radius 1 is 1.24 bits per heavy atom. The summed E-state index contributed by atoms with van der Waals surface area (Å²) in [6.07, 6.45) is 2.88. The van der Waals surface area contributed by atoms with Gasteiger partial charge in [0.15, 0.2) is 0 Å². The largest absolute Gasteiger partial charge is 0.468 e. The summed E-state index contributed by atoms with van der Waals surface area (Å²) in [4.78, 5) is 24.6. The monoisotopic (exact) mass is 295 g/mol. The zero-order chi connectivity index (χ0) is 15.7. The lowest BCUT2D eigenvalue weighted by molar-refractivity contribution is -0.145. The van der Waals surface area contributed by atoms with Crippen molar-refractivity contribution in [2.24, 2.45) is 0 Å². The zero-order valence-corrected chi connectivity index (χ0v) is 12.0. The van der Waals surface area contributed by atoms with Crippen LogP contribution in [-0.4, -0.2) is 50.7 Å². The third-order valence-electron chi connectivity index (χ3n) is 2.71. The van der Waals surface area contributed by atoms with Gasteiger partial charge in [-0.1, -0.05) is 12.1 Å². The van der Waals surface area contributed by atoms with E-state index in [2.05, 4.69) is 4.74 Å². The van der Waals surface area contributed by atoms with Crippen LogP contribution in [0.1, 0.15) is 5.56 Å². The Morgan fingerprint density at radius 3 is 2.48 bits per heavy atom. The van der Waals surface area contributed by atoms with E-state index in [1.807, 2.05) is 0 Å². The summed E-state index contributed by atoms with van der Waals surface area (Å²) in [5.74, 6) is -1.19. The third kappa shape index (κ3) is 6.18. The summed E-state index contributed by atoms with van der Waals surface area (Å²) >= 11 is 0. The van der Waals surface area contributed by atoms with Crippen LogP contribution in [-0.2, 0) is 19.1 Å². The molecule has 0 radical (unpaired) electrons. The Labute approximate surface area is 123 Å². The van der Waals surface area contributed by atoms with Crippen molar-refractivity contribution in [3.05, 3.63) is 41.7 Å². The second kappa shape index (κ2) is 8.86. The van der Waals surface area contributed by atoms with E-state index in [1.54, 1.807) is 18.2 Å². The smallest absolute Gasteiger partial charge is 0.325 e. The van der Waals surface area contributed by atoms with Crippen molar-refractivity contribution in [2.45, 2.75) is 0 Å². The van der Waals surface area contributed by atoms with Crippen molar-refractivity contribution in [1.29, 1.82) is 0 Å². The Kier molecular flexibility index (Phi) is 7.11. The van der Waals surface area contributed by atoms with Gasteiger partial charge in [0.05, 0.1) is 13.7 Å². The SMILES string of the molecule is COCCN(CC(=O)OC)C(=O)/C=C/c1ccc(F)cc1. The van der Waals surface area contributed by atoms with Crippen molar-refractivity contribution in [3.63, 3.8) is 0 Å². The van der Waals surface area contributed by atoms with E-state index in [4.69, 9.17) is 4.74 Å². The Morgan fingerprint density at radius 2 is 1.90 bits per heavy atom. The number of ether oxygens (including phenoxy) is 2. The molecule has 1 aromatic carbocycles. The highest BCUT2D eigenvalue weighted by atomic mass is 19.1. The standard InChI is InChI=1S/C15H18FNO4/c1-20-10-9-17(11-15(19)21-2)14(18)8-5-12-3-6-13(16)7-4-12/h3-8H,9-11H2,1-2H3/b8-5+. The number of rotatable bonds is 7. The Bertz CT molecular complexity index is 499. The number of hydrogen-bond donors (Lipinski definition) is 0. The number of hydrogen-bond acceptors (Lipinski definition) is 4. The zero-order valence-electron chi connectivity index (χ0n) is 12.0. The van der Waals surface area contributed by atoms with E-state index < -0.39 is 5.97 Å². The number of benzene rings is 1. The minimum atomic E-state index is -0.505. The molecule has 0 bridgehead atoms. The van der Waals surface area contributed by atoms with Gasteiger partial charge >= 0.3 is 5.97 Å². The average molecular weight is 295 g/mol. The Hall–Kier alpha value is -2.21. The number of amides is 1. The van der Waals surface area contributed by atoms with Gasteiger partial charge in [0.25, 0.3) is 0 Å². The van der Waals surface area contributed by atoms with Crippen LogP contribution in [0.15, 0.2) is 30.3 Å². The van der Waals surface area contributed by atoms with Crippen LogP contribution in [0.3, 0.4) is 0 Å². The minimum Gasteiger partial charge on any atom is -0.468 e. The molecule has 0 N–H and O–H groups in total. The van der Waals surface area contributed by atoms with Gasteiger partial charge < -0.3 is 14.4 Å². The first-order valence-electron chi connectivity index (χ1n) is 6.35. The summed E-state index contributed by atoms with van der Waals surface area (Å²) < 4.78 is 22.2. The van der Waals surface area contributed by atoms with Crippen LogP contribution in [0.25, 0.3) is 6.08 Å². The highest BCUT2D eigenvalue weighted by molar-refractivity contribution is 5.93. The molecule has 0 aliphatic heterocycles. The van der Waals surface area contributed by atoms with E-state index in [0.29, 0.717) is 12.2 Å². The lowest BCUT2D eigenvalue weighted by Gasteiger charge is -2.19. The van der Waals surface area contributed by atoms with Gasteiger partial charge in [0.1, 0.15) is 12.4 Å². The number of nitrogens with zero attached hydrogens (tertiary/aromatic N) is 1. The second-order valence-electron chi connectivity index (χ2n) is 4.21. The van der Waals surface area contributed by atoms with Crippen molar-refractivity contribution < 1.29 is 23.5 Å². The maximum Gasteiger partial charge on any atom is 0.325 e. The van der Waals surface area contributed by atoms with Gasteiger partial charge in [-0.2, -0.15) is 0 Å². The number of carbonyl (C=O) groups is 2. The highest BCUT2D eigenvalue weighted by Crippen LogP contribution is 2.05.